The van der Waals surface area contributed by atoms with Crippen LogP contribution in [0, 0.1) is 0 Å². The molecular formula is C19H20N4O. The molecule has 3 aromatic rings. The molecule has 0 radical (unpaired) electrons. The van der Waals surface area contributed by atoms with Crippen molar-refractivity contribution in [2.75, 3.05) is 13.2 Å². The topological polar surface area (TPSA) is 52.8 Å². The molecule has 0 unspecified atom stereocenters. The van der Waals surface area contributed by atoms with Crippen LogP contribution in [0.1, 0.15) is 29.6 Å². The Kier molecular flexibility index (Phi) is 4.34. The Labute approximate surface area is 141 Å². The lowest BCUT2D eigenvalue weighted by Crippen LogP contribution is -2.10. The third-order valence-corrected chi connectivity index (χ3v) is 4.32. The molecule has 5 nitrogen and oxygen atoms in total. The van der Waals surface area contributed by atoms with Gasteiger partial charge in [0, 0.05) is 25.1 Å². The summed E-state index contributed by atoms with van der Waals surface area (Å²) in [7, 11) is 0. The summed E-state index contributed by atoms with van der Waals surface area (Å²) in [6, 6.07) is 16.3. The maximum atomic E-state index is 5.54. The standard InChI is InChI=1S/C19H20N4O/c1-2-6-15(7-3-1)9-10-17-21-19(16-11-13-24-14-16)23(22-17)18-8-4-5-12-20-18/h1-8,12,16H,9-11,13-14H2/t16-/m0/s1. The van der Waals surface area contributed by atoms with E-state index in [9.17, 15) is 0 Å². The first-order valence-corrected chi connectivity index (χ1v) is 8.39. The average molecular weight is 320 g/mol. The van der Waals surface area contributed by atoms with Gasteiger partial charge in [-0.1, -0.05) is 36.4 Å². The Bertz CT molecular complexity index is 780. The molecule has 2 aromatic heterocycles. The highest BCUT2D eigenvalue weighted by atomic mass is 16.5. The number of nitrogens with zero attached hydrogens (tertiary/aromatic N) is 4. The summed E-state index contributed by atoms with van der Waals surface area (Å²) in [5.74, 6) is 2.95. The zero-order chi connectivity index (χ0) is 16.2. The fourth-order valence-corrected chi connectivity index (χ4v) is 3.03. The van der Waals surface area contributed by atoms with Gasteiger partial charge < -0.3 is 4.74 Å². The molecule has 1 atom stereocenters. The number of hydrogen-bond donors (Lipinski definition) is 0. The maximum Gasteiger partial charge on any atom is 0.155 e. The van der Waals surface area contributed by atoms with Crippen LogP contribution in [0.5, 0.6) is 0 Å². The van der Waals surface area contributed by atoms with Crippen LogP contribution in [0.4, 0.5) is 0 Å². The van der Waals surface area contributed by atoms with Gasteiger partial charge in [-0.05, 0) is 30.5 Å². The van der Waals surface area contributed by atoms with E-state index in [0.717, 1.165) is 43.3 Å². The minimum absolute atomic E-state index is 0.296. The molecule has 0 amide bonds. The van der Waals surface area contributed by atoms with Crippen LogP contribution in [-0.2, 0) is 17.6 Å². The van der Waals surface area contributed by atoms with Crippen LogP contribution in [0.2, 0.25) is 0 Å². The van der Waals surface area contributed by atoms with Crippen LogP contribution in [0.25, 0.3) is 5.82 Å². The maximum absolute atomic E-state index is 5.54. The van der Waals surface area contributed by atoms with E-state index in [2.05, 4.69) is 29.2 Å². The summed E-state index contributed by atoms with van der Waals surface area (Å²) in [6.07, 6.45) is 4.54. The van der Waals surface area contributed by atoms with Crippen LogP contribution >= 0.6 is 0 Å². The number of hydrogen-bond acceptors (Lipinski definition) is 4. The SMILES string of the molecule is c1ccc(CCc2nc([C@H]3CCOC3)n(-c3ccccn3)n2)cc1. The third-order valence-electron chi connectivity index (χ3n) is 4.32. The Morgan fingerprint density at radius 1 is 1.04 bits per heavy atom. The van der Waals surface area contributed by atoms with Gasteiger partial charge in [-0.3, -0.25) is 0 Å². The van der Waals surface area contributed by atoms with E-state index in [4.69, 9.17) is 14.8 Å². The van der Waals surface area contributed by atoms with Crippen LogP contribution in [0.3, 0.4) is 0 Å². The zero-order valence-electron chi connectivity index (χ0n) is 13.5. The lowest BCUT2D eigenvalue weighted by Gasteiger charge is -2.08. The molecule has 5 heteroatoms. The van der Waals surface area contributed by atoms with Gasteiger partial charge in [0.2, 0.25) is 0 Å². The number of rotatable bonds is 5. The molecule has 3 heterocycles. The summed E-state index contributed by atoms with van der Waals surface area (Å²) in [5.41, 5.74) is 1.30. The molecule has 1 aliphatic heterocycles. The van der Waals surface area contributed by atoms with Crippen molar-refractivity contribution < 1.29 is 4.74 Å². The van der Waals surface area contributed by atoms with Crippen molar-refractivity contribution in [1.29, 1.82) is 0 Å². The van der Waals surface area contributed by atoms with Crippen molar-refractivity contribution in [2.45, 2.75) is 25.2 Å². The van der Waals surface area contributed by atoms with E-state index in [-0.39, 0.29) is 0 Å². The van der Waals surface area contributed by atoms with Gasteiger partial charge in [0.25, 0.3) is 0 Å². The van der Waals surface area contributed by atoms with Gasteiger partial charge in [0.15, 0.2) is 11.6 Å². The van der Waals surface area contributed by atoms with Gasteiger partial charge in [0.1, 0.15) is 5.82 Å². The van der Waals surface area contributed by atoms with E-state index < -0.39 is 0 Å². The largest absolute Gasteiger partial charge is 0.381 e. The lowest BCUT2D eigenvalue weighted by molar-refractivity contribution is 0.193. The number of aryl methyl sites for hydroxylation is 2. The molecule has 0 spiro atoms. The van der Waals surface area contributed by atoms with Gasteiger partial charge in [-0.25, -0.2) is 9.97 Å². The molecule has 122 valence electrons. The molecule has 0 aliphatic carbocycles. The van der Waals surface area contributed by atoms with E-state index in [1.54, 1.807) is 6.20 Å². The molecule has 1 aliphatic rings. The summed E-state index contributed by atoms with van der Waals surface area (Å²) in [5, 5.41) is 4.73. The predicted octanol–water partition coefficient (Wildman–Crippen LogP) is 2.95. The van der Waals surface area contributed by atoms with E-state index in [1.807, 2.05) is 28.9 Å². The zero-order valence-corrected chi connectivity index (χ0v) is 13.5. The van der Waals surface area contributed by atoms with Gasteiger partial charge in [-0.2, -0.15) is 4.68 Å². The minimum atomic E-state index is 0.296. The lowest BCUT2D eigenvalue weighted by atomic mass is 10.1. The fourth-order valence-electron chi connectivity index (χ4n) is 3.03. The molecule has 1 fully saturated rings. The monoisotopic (exact) mass is 320 g/mol. The molecule has 1 saturated heterocycles. The summed E-state index contributed by atoms with van der Waals surface area (Å²) in [4.78, 5) is 9.25. The first-order chi connectivity index (χ1) is 11.9. The molecule has 0 bridgehead atoms. The highest BCUT2D eigenvalue weighted by molar-refractivity contribution is 5.24. The number of aromatic nitrogens is 4. The fraction of sp³-hybridized carbons (Fsp3) is 0.316. The van der Waals surface area contributed by atoms with Crippen molar-refractivity contribution in [1.82, 2.24) is 19.7 Å². The van der Waals surface area contributed by atoms with Crippen LogP contribution in [0.15, 0.2) is 54.7 Å². The minimum Gasteiger partial charge on any atom is -0.381 e. The highest BCUT2D eigenvalue weighted by Crippen LogP contribution is 2.25. The Morgan fingerprint density at radius 3 is 2.67 bits per heavy atom. The first-order valence-electron chi connectivity index (χ1n) is 8.39. The van der Waals surface area contributed by atoms with Crippen LogP contribution < -0.4 is 0 Å². The smallest absolute Gasteiger partial charge is 0.155 e. The first kappa shape index (κ1) is 15.0. The Balaban J connectivity index is 1.61. The summed E-state index contributed by atoms with van der Waals surface area (Å²) in [6.45, 7) is 1.50. The predicted molar refractivity (Wildman–Crippen MR) is 91.2 cm³/mol. The summed E-state index contributed by atoms with van der Waals surface area (Å²) < 4.78 is 7.43. The number of benzene rings is 1. The molecular weight excluding hydrogens is 300 g/mol. The number of pyridine rings is 1. The van der Waals surface area contributed by atoms with Gasteiger partial charge >= 0.3 is 0 Å². The number of ether oxygens (including phenoxy) is 1. The molecule has 0 N–H and O–H groups in total. The normalized spacial score (nSPS) is 17.2. The second-order valence-corrected chi connectivity index (χ2v) is 6.03. The van der Waals surface area contributed by atoms with Gasteiger partial charge in [0.05, 0.1) is 6.61 Å². The van der Waals surface area contributed by atoms with Crippen LogP contribution in [-0.4, -0.2) is 33.0 Å². The third kappa shape index (κ3) is 3.21. The van der Waals surface area contributed by atoms with Gasteiger partial charge in [-0.15, -0.1) is 5.10 Å². The Hall–Kier alpha value is -2.53. The highest BCUT2D eigenvalue weighted by Gasteiger charge is 2.25. The average Bonchev–Trinajstić information content (AvgIpc) is 3.31. The Morgan fingerprint density at radius 2 is 1.92 bits per heavy atom. The van der Waals surface area contributed by atoms with E-state index >= 15 is 0 Å². The van der Waals surface area contributed by atoms with Crippen molar-refractivity contribution >= 4 is 0 Å². The molecule has 0 saturated carbocycles. The summed E-state index contributed by atoms with van der Waals surface area (Å²) >= 11 is 0. The van der Waals surface area contributed by atoms with E-state index in [1.165, 1.54) is 5.56 Å². The second-order valence-electron chi connectivity index (χ2n) is 6.03. The van der Waals surface area contributed by atoms with Crippen molar-refractivity contribution in [3.05, 3.63) is 71.9 Å². The van der Waals surface area contributed by atoms with E-state index in [0.29, 0.717) is 12.5 Å². The second kappa shape index (κ2) is 6.93. The van der Waals surface area contributed by atoms with Crippen molar-refractivity contribution in [3.8, 4) is 5.82 Å². The van der Waals surface area contributed by atoms with Crippen molar-refractivity contribution in [2.24, 2.45) is 0 Å². The molecule has 1 aromatic carbocycles. The molecule has 24 heavy (non-hydrogen) atoms. The van der Waals surface area contributed by atoms with Crippen molar-refractivity contribution in [3.63, 3.8) is 0 Å². The quantitative estimate of drug-likeness (QED) is 0.725. The molecule has 4 rings (SSSR count).